The fourth-order valence-electron chi connectivity index (χ4n) is 5.22. The van der Waals surface area contributed by atoms with Gasteiger partial charge in [0.05, 0.1) is 17.6 Å². The van der Waals surface area contributed by atoms with Crippen molar-refractivity contribution in [3.8, 4) is 6.07 Å². The molecule has 1 aromatic heterocycles. The van der Waals surface area contributed by atoms with Crippen LogP contribution in [0.5, 0.6) is 0 Å². The molecule has 4 nitrogen and oxygen atoms in total. The van der Waals surface area contributed by atoms with Crippen LogP contribution in [0.15, 0.2) is 83.3 Å². The maximum Gasteiger partial charge on any atom is 0.162 e. The van der Waals surface area contributed by atoms with E-state index in [1.54, 1.807) is 23.5 Å². The Morgan fingerprint density at radius 3 is 2.41 bits per heavy atom. The fourth-order valence-corrected chi connectivity index (χ4v) is 6.31. The molecule has 2 heterocycles. The summed E-state index contributed by atoms with van der Waals surface area (Å²) >= 11 is 7.83. The minimum Gasteiger partial charge on any atom is -0.384 e. The van der Waals surface area contributed by atoms with Crippen LogP contribution in [0.3, 0.4) is 0 Å². The number of benzene rings is 2. The second kappa shape index (κ2) is 8.79. The molecule has 0 amide bonds. The first-order valence-corrected chi connectivity index (χ1v) is 12.4. The van der Waals surface area contributed by atoms with Crippen molar-refractivity contribution in [1.29, 1.82) is 5.26 Å². The van der Waals surface area contributed by atoms with Gasteiger partial charge in [0, 0.05) is 38.2 Å². The second-order valence-electron chi connectivity index (χ2n) is 8.82. The number of anilines is 1. The molecule has 6 heteroatoms. The molecule has 34 heavy (non-hydrogen) atoms. The van der Waals surface area contributed by atoms with Crippen molar-refractivity contribution in [2.24, 2.45) is 5.73 Å². The number of ketones is 1. The molecule has 2 aromatic carbocycles. The van der Waals surface area contributed by atoms with E-state index in [1.807, 2.05) is 49.1 Å². The first-order chi connectivity index (χ1) is 16.4. The summed E-state index contributed by atoms with van der Waals surface area (Å²) in [6.07, 6.45) is 1.07. The van der Waals surface area contributed by atoms with Crippen molar-refractivity contribution in [3.63, 3.8) is 0 Å². The number of carbonyl (C=O) groups excluding carboxylic acids is 1. The normalized spacial score (nSPS) is 20.4. The third-order valence-corrected chi connectivity index (χ3v) is 7.95. The predicted molar refractivity (Wildman–Crippen MR) is 138 cm³/mol. The maximum atomic E-state index is 13.8. The number of hydrogen-bond acceptors (Lipinski definition) is 5. The summed E-state index contributed by atoms with van der Waals surface area (Å²) in [6.45, 7) is 4.09. The molecule has 1 aliphatic heterocycles. The van der Waals surface area contributed by atoms with E-state index in [1.165, 1.54) is 0 Å². The zero-order valence-electron chi connectivity index (χ0n) is 19.0. The molecular weight excluding hydrogens is 462 g/mol. The van der Waals surface area contributed by atoms with Crippen LogP contribution in [-0.2, 0) is 4.79 Å². The molecule has 2 N–H and O–H groups in total. The highest BCUT2D eigenvalue weighted by molar-refractivity contribution is 7.12. The summed E-state index contributed by atoms with van der Waals surface area (Å²) in [6, 6.07) is 21.9. The van der Waals surface area contributed by atoms with Crippen LogP contribution in [0.25, 0.3) is 0 Å². The van der Waals surface area contributed by atoms with Crippen LogP contribution in [0, 0.1) is 25.2 Å². The van der Waals surface area contributed by atoms with Gasteiger partial charge < -0.3 is 5.73 Å². The van der Waals surface area contributed by atoms with E-state index < -0.39 is 5.92 Å². The Morgan fingerprint density at radius 1 is 1.09 bits per heavy atom. The number of nitrogens with zero attached hydrogens (tertiary/aromatic N) is 2. The molecule has 0 radical (unpaired) electrons. The molecule has 170 valence electrons. The van der Waals surface area contributed by atoms with E-state index >= 15 is 0 Å². The molecule has 1 aliphatic carbocycles. The lowest BCUT2D eigenvalue weighted by Crippen LogP contribution is -2.40. The van der Waals surface area contributed by atoms with Crippen LogP contribution < -0.4 is 10.6 Å². The van der Waals surface area contributed by atoms with Gasteiger partial charge in [-0.05, 0) is 67.6 Å². The number of Topliss-reactive ketones (excluding diaryl/α,β-unsaturated/α-hetero) is 1. The molecule has 0 saturated heterocycles. The van der Waals surface area contributed by atoms with E-state index in [4.69, 9.17) is 17.3 Å². The first-order valence-electron chi connectivity index (χ1n) is 11.2. The lowest BCUT2D eigenvalue weighted by Gasteiger charge is -2.41. The third-order valence-electron chi connectivity index (χ3n) is 6.71. The minimum absolute atomic E-state index is 0.0460. The van der Waals surface area contributed by atoms with E-state index in [0.29, 0.717) is 34.8 Å². The Morgan fingerprint density at radius 2 is 1.79 bits per heavy atom. The topological polar surface area (TPSA) is 70.1 Å². The van der Waals surface area contributed by atoms with Crippen LogP contribution in [0.4, 0.5) is 5.69 Å². The number of nitriles is 1. The van der Waals surface area contributed by atoms with Crippen LogP contribution >= 0.6 is 22.9 Å². The molecular formula is C28H24ClN3OS. The Labute approximate surface area is 208 Å². The van der Waals surface area contributed by atoms with E-state index in [-0.39, 0.29) is 11.7 Å². The summed E-state index contributed by atoms with van der Waals surface area (Å²) in [7, 11) is 0. The molecule has 3 aromatic rings. The fraction of sp³-hybridized carbons (Fsp3) is 0.214. The summed E-state index contributed by atoms with van der Waals surface area (Å²) in [4.78, 5) is 18.0. The molecule has 0 bridgehead atoms. The van der Waals surface area contributed by atoms with Crippen LogP contribution in [0.1, 0.15) is 45.6 Å². The molecule has 2 atom stereocenters. The zero-order chi connectivity index (χ0) is 24.0. The summed E-state index contributed by atoms with van der Waals surface area (Å²) in [5, 5.41) is 10.9. The Hall–Kier alpha value is -3.33. The Kier molecular flexibility index (Phi) is 5.81. The Bertz CT molecular complexity index is 1380. The molecule has 0 fully saturated rings. The van der Waals surface area contributed by atoms with Crippen molar-refractivity contribution in [2.45, 2.75) is 38.5 Å². The summed E-state index contributed by atoms with van der Waals surface area (Å²) in [5.41, 5.74) is 11.6. The molecule has 5 rings (SSSR count). The highest BCUT2D eigenvalue weighted by Crippen LogP contribution is 2.50. The van der Waals surface area contributed by atoms with Gasteiger partial charge in [0.2, 0.25) is 0 Å². The molecule has 0 saturated carbocycles. The van der Waals surface area contributed by atoms with Gasteiger partial charge in [0.1, 0.15) is 5.82 Å². The number of hydrogen-bond donors (Lipinski definition) is 1. The number of rotatable bonds is 3. The van der Waals surface area contributed by atoms with E-state index in [0.717, 1.165) is 32.3 Å². The van der Waals surface area contributed by atoms with Gasteiger partial charge in [-0.25, -0.2) is 0 Å². The lowest BCUT2D eigenvalue weighted by molar-refractivity contribution is -0.116. The average molecular weight is 486 g/mol. The van der Waals surface area contributed by atoms with Crippen molar-refractivity contribution in [3.05, 3.63) is 109 Å². The number of carbonyl (C=O) groups is 1. The van der Waals surface area contributed by atoms with Crippen LogP contribution in [0.2, 0.25) is 5.02 Å². The van der Waals surface area contributed by atoms with Gasteiger partial charge in [-0.3, -0.25) is 9.69 Å². The van der Waals surface area contributed by atoms with E-state index in [9.17, 15) is 10.1 Å². The molecule has 2 aliphatic rings. The summed E-state index contributed by atoms with van der Waals surface area (Å²) in [5.74, 6) is 0.0447. The third kappa shape index (κ3) is 3.73. The summed E-state index contributed by atoms with van der Waals surface area (Å²) < 4.78 is 0. The quantitative estimate of drug-likeness (QED) is 0.447. The van der Waals surface area contributed by atoms with Gasteiger partial charge in [-0.15, -0.1) is 11.3 Å². The van der Waals surface area contributed by atoms with Gasteiger partial charge in [0.25, 0.3) is 0 Å². The molecule has 0 spiro atoms. The monoisotopic (exact) mass is 485 g/mol. The number of allylic oxidation sites excluding steroid dienone is 3. The van der Waals surface area contributed by atoms with Gasteiger partial charge in [-0.1, -0.05) is 41.9 Å². The van der Waals surface area contributed by atoms with Crippen molar-refractivity contribution in [1.82, 2.24) is 0 Å². The number of halogens is 1. The highest BCUT2D eigenvalue weighted by atomic mass is 35.5. The van der Waals surface area contributed by atoms with E-state index in [2.05, 4.69) is 24.3 Å². The number of aryl methyl sites for hydroxylation is 2. The van der Waals surface area contributed by atoms with Crippen molar-refractivity contribution < 1.29 is 4.79 Å². The zero-order valence-corrected chi connectivity index (χ0v) is 20.6. The SMILES string of the molecule is Cc1cc([C@@H]2C(C#N)=C(N)N(c3ccc(Cl)cc3)C3=C2C(=O)C[C@@H](c2ccccc2)C3)c(C)s1. The highest BCUT2D eigenvalue weighted by Gasteiger charge is 2.43. The van der Waals surface area contributed by atoms with Crippen molar-refractivity contribution in [2.75, 3.05) is 4.90 Å². The lowest BCUT2D eigenvalue weighted by atomic mass is 9.72. The minimum atomic E-state index is -0.447. The van der Waals surface area contributed by atoms with Crippen LogP contribution in [-0.4, -0.2) is 5.78 Å². The predicted octanol–water partition coefficient (Wildman–Crippen LogP) is 6.72. The standard InChI is InChI=1S/C28H24ClN3OS/c1-16-12-22(17(2)34-16)26-23(15-30)28(31)32(21-10-8-20(29)9-11-21)24-13-19(14-25(33)27(24)26)18-6-4-3-5-7-18/h3-12,19,26H,13-14,31H2,1-2H3/t19-,26+/m0/s1. The second-order valence-corrected chi connectivity index (χ2v) is 10.7. The number of nitrogens with two attached hydrogens (primary N) is 1. The van der Waals surface area contributed by atoms with Gasteiger partial charge in [0.15, 0.2) is 5.78 Å². The van der Waals surface area contributed by atoms with Crippen molar-refractivity contribution >= 4 is 34.4 Å². The smallest absolute Gasteiger partial charge is 0.162 e. The number of thiophene rings is 1. The Balaban J connectivity index is 1.74. The first kappa shape index (κ1) is 22.5. The largest absolute Gasteiger partial charge is 0.384 e. The van der Waals surface area contributed by atoms with Gasteiger partial charge in [-0.2, -0.15) is 5.26 Å². The maximum absolute atomic E-state index is 13.8. The molecule has 0 unspecified atom stereocenters. The average Bonchev–Trinajstić information content (AvgIpc) is 3.17. The van der Waals surface area contributed by atoms with Gasteiger partial charge >= 0.3 is 0 Å².